The van der Waals surface area contributed by atoms with Gasteiger partial charge < -0.3 is 20.1 Å². The predicted molar refractivity (Wildman–Crippen MR) is 255 cm³/mol. The molecule has 15 heteroatoms. The number of methoxy groups -OCH3 is 1. The number of sulfonamides is 1. The molecule has 0 aromatic heterocycles. The lowest BCUT2D eigenvalue weighted by molar-refractivity contribution is -0.384. The van der Waals surface area contributed by atoms with Gasteiger partial charge in [-0.1, -0.05) is 55.8 Å². The molecule has 1 atom stereocenters. The number of benzene rings is 4. The highest BCUT2D eigenvalue weighted by atomic mass is 35.5. The number of piperidine rings is 1. The first-order valence-electron chi connectivity index (χ1n) is 23.1. The van der Waals surface area contributed by atoms with Crippen LogP contribution in [0.25, 0.3) is 0 Å². The van der Waals surface area contributed by atoms with Crippen LogP contribution in [0.4, 0.5) is 17.1 Å². The molecule has 1 spiro atoms. The summed E-state index contributed by atoms with van der Waals surface area (Å²) in [5, 5.41) is 26.0. The van der Waals surface area contributed by atoms with E-state index in [0.29, 0.717) is 53.6 Å². The SMILES string of the molecule is COc1cc(CN2CCN(C3CC4(CCN(c5ccc(C(=O)NS(=O)(=O)c6ccc(NCC7CCC(C)(O)CC7)c([N+](=O)[O-])c6)cc5)CC4)C3)[C@H](c3ccccc3C(C)C)C2)ccc1Cl. The third-order valence-electron chi connectivity index (χ3n) is 14.7. The molecule has 2 saturated carbocycles. The predicted octanol–water partition coefficient (Wildman–Crippen LogP) is 9.16. The summed E-state index contributed by atoms with van der Waals surface area (Å²) < 4.78 is 34.3. The molecular formula is C50H63ClN6O7S. The first-order chi connectivity index (χ1) is 31.0. The van der Waals surface area contributed by atoms with E-state index in [2.05, 4.69) is 75.0 Å². The van der Waals surface area contributed by atoms with Gasteiger partial charge in [-0.2, -0.15) is 0 Å². The van der Waals surface area contributed by atoms with E-state index in [1.54, 1.807) is 19.2 Å². The third kappa shape index (κ3) is 10.6. The summed E-state index contributed by atoms with van der Waals surface area (Å²) in [5.41, 5.74) is 4.61. The Morgan fingerprint density at radius 2 is 1.66 bits per heavy atom. The maximum Gasteiger partial charge on any atom is 0.293 e. The summed E-state index contributed by atoms with van der Waals surface area (Å²) in [4.78, 5) is 31.9. The van der Waals surface area contributed by atoms with E-state index in [1.807, 2.05) is 25.1 Å². The zero-order valence-electron chi connectivity index (χ0n) is 38.0. The second kappa shape index (κ2) is 19.2. The number of carbonyl (C=O) groups is 1. The van der Waals surface area contributed by atoms with Crippen molar-refractivity contribution in [2.75, 3.05) is 56.6 Å². The van der Waals surface area contributed by atoms with Gasteiger partial charge in [0.2, 0.25) is 0 Å². The average Bonchev–Trinajstić information content (AvgIpc) is 3.28. The number of aliphatic hydroxyl groups is 1. The molecule has 0 bridgehead atoms. The van der Waals surface area contributed by atoms with Crippen LogP contribution in [-0.4, -0.2) is 92.2 Å². The minimum Gasteiger partial charge on any atom is -0.495 e. The van der Waals surface area contributed by atoms with E-state index in [9.17, 15) is 28.4 Å². The number of nitrogens with zero attached hydrogens (tertiary/aromatic N) is 4. The topological polar surface area (TPSA) is 158 Å². The number of piperazine rings is 1. The number of halogens is 1. The number of carbonyl (C=O) groups excluding carboxylic acids is 1. The van der Waals surface area contributed by atoms with Crippen LogP contribution in [0, 0.1) is 21.4 Å². The monoisotopic (exact) mass is 926 g/mol. The molecule has 0 radical (unpaired) electrons. The molecule has 348 valence electrons. The van der Waals surface area contributed by atoms with E-state index in [0.717, 1.165) is 76.7 Å². The number of hydrogen-bond donors (Lipinski definition) is 3. The molecule has 4 fully saturated rings. The summed E-state index contributed by atoms with van der Waals surface area (Å²) in [6, 6.07) is 26.4. The molecule has 65 heavy (non-hydrogen) atoms. The van der Waals surface area contributed by atoms with Crippen molar-refractivity contribution in [2.24, 2.45) is 11.3 Å². The van der Waals surface area contributed by atoms with Gasteiger partial charge in [-0.3, -0.25) is 24.7 Å². The number of nitro groups is 1. The number of anilines is 2. The van der Waals surface area contributed by atoms with Crippen molar-refractivity contribution in [3.8, 4) is 5.75 Å². The Morgan fingerprint density at radius 3 is 2.34 bits per heavy atom. The van der Waals surface area contributed by atoms with Crippen LogP contribution < -0.4 is 19.7 Å². The molecule has 0 unspecified atom stereocenters. The van der Waals surface area contributed by atoms with Crippen molar-refractivity contribution in [1.82, 2.24) is 14.5 Å². The molecule has 4 aromatic rings. The van der Waals surface area contributed by atoms with E-state index in [-0.39, 0.29) is 22.1 Å². The summed E-state index contributed by atoms with van der Waals surface area (Å²) in [6.07, 6.45) is 7.40. The smallest absolute Gasteiger partial charge is 0.293 e. The average molecular weight is 928 g/mol. The van der Waals surface area contributed by atoms with Crippen LogP contribution >= 0.6 is 11.6 Å². The van der Waals surface area contributed by atoms with Crippen molar-refractivity contribution in [2.45, 2.75) is 107 Å². The molecule has 13 nitrogen and oxygen atoms in total. The molecule has 2 aliphatic heterocycles. The van der Waals surface area contributed by atoms with E-state index in [1.165, 1.54) is 41.7 Å². The van der Waals surface area contributed by atoms with Gasteiger partial charge in [0.15, 0.2) is 0 Å². The van der Waals surface area contributed by atoms with Crippen LogP contribution in [-0.2, 0) is 16.6 Å². The van der Waals surface area contributed by atoms with Gasteiger partial charge in [0.1, 0.15) is 11.4 Å². The van der Waals surface area contributed by atoms with Crippen molar-refractivity contribution in [3.05, 3.63) is 122 Å². The van der Waals surface area contributed by atoms with Gasteiger partial charge in [0.05, 0.1) is 27.6 Å². The molecule has 3 N–H and O–H groups in total. The summed E-state index contributed by atoms with van der Waals surface area (Å²) >= 11 is 6.36. The first kappa shape index (κ1) is 46.8. The van der Waals surface area contributed by atoms with E-state index in [4.69, 9.17) is 16.3 Å². The summed E-state index contributed by atoms with van der Waals surface area (Å²) in [6.45, 7) is 12.4. The largest absolute Gasteiger partial charge is 0.495 e. The fraction of sp³-hybridized carbons (Fsp3) is 0.500. The molecular weight excluding hydrogens is 864 g/mol. The number of amides is 1. The Morgan fingerprint density at radius 1 is 0.954 bits per heavy atom. The Balaban J connectivity index is 0.858. The highest BCUT2D eigenvalue weighted by Crippen LogP contribution is 2.53. The van der Waals surface area contributed by atoms with Crippen LogP contribution in [0.15, 0.2) is 89.8 Å². The fourth-order valence-corrected chi connectivity index (χ4v) is 11.9. The van der Waals surface area contributed by atoms with Gasteiger partial charge in [-0.15, -0.1) is 0 Å². The fourth-order valence-electron chi connectivity index (χ4n) is 10.7. The van der Waals surface area contributed by atoms with Gasteiger partial charge >= 0.3 is 0 Å². The normalized spacial score (nSPS) is 23.0. The molecule has 4 aliphatic rings. The summed E-state index contributed by atoms with van der Waals surface area (Å²) in [5.74, 6) is 0.549. The number of nitro benzene ring substituents is 1. The van der Waals surface area contributed by atoms with E-state index >= 15 is 0 Å². The minimum absolute atomic E-state index is 0.175. The minimum atomic E-state index is -4.41. The standard InChI is InChI=1S/C50H63ClN6O7S/c1-34(2)41-7-5-6-8-42(41)46-33-54(32-36-9-15-43(51)47(27-36)64-4)25-26-56(46)39-29-50(30-39)21-23-55(24-22-50)38-12-10-37(11-13-38)48(58)53-65(62,63)40-14-16-44(45(28-40)57(60)61)52-31-35-17-19-49(3,59)20-18-35/h5-16,27-28,34-35,39,46,52,59H,17-26,29-33H2,1-4H3,(H,53,58)/t35?,46-,49?/m0/s1. The quantitative estimate of drug-likeness (QED) is 0.0819. The van der Waals surface area contributed by atoms with Gasteiger partial charge in [0.25, 0.3) is 21.6 Å². The summed E-state index contributed by atoms with van der Waals surface area (Å²) in [7, 11) is -2.75. The molecule has 2 saturated heterocycles. The van der Waals surface area contributed by atoms with Crippen LogP contribution in [0.5, 0.6) is 5.75 Å². The third-order valence-corrected chi connectivity index (χ3v) is 16.3. The molecule has 2 aliphatic carbocycles. The second-order valence-corrected chi connectivity index (χ2v) is 21.6. The Hall–Kier alpha value is -4.73. The van der Waals surface area contributed by atoms with E-state index < -0.39 is 32.1 Å². The van der Waals surface area contributed by atoms with Crippen molar-refractivity contribution in [1.29, 1.82) is 0 Å². The highest BCUT2D eigenvalue weighted by molar-refractivity contribution is 7.90. The maximum atomic E-state index is 13.3. The highest BCUT2D eigenvalue weighted by Gasteiger charge is 2.50. The second-order valence-electron chi connectivity index (χ2n) is 19.5. The zero-order valence-corrected chi connectivity index (χ0v) is 39.5. The van der Waals surface area contributed by atoms with Crippen molar-refractivity contribution in [3.63, 3.8) is 0 Å². The molecule has 1 amide bonds. The maximum absolute atomic E-state index is 13.3. The van der Waals surface area contributed by atoms with Crippen LogP contribution in [0.1, 0.15) is 111 Å². The van der Waals surface area contributed by atoms with Gasteiger partial charge in [-0.05, 0) is 141 Å². The van der Waals surface area contributed by atoms with Crippen LogP contribution in [0.3, 0.4) is 0 Å². The number of nitrogens with one attached hydrogen (secondary N) is 2. The van der Waals surface area contributed by atoms with Gasteiger partial charge in [0, 0.05) is 75.2 Å². The Labute approximate surface area is 388 Å². The van der Waals surface area contributed by atoms with Crippen LogP contribution in [0.2, 0.25) is 5.02 Å². The zero-order chi connectivity index (χ0) is 46.1. The lowest BCUT2D eigenvalue weighted by atomic mass is 9.59. The number of hydrogen-bond acceptors (Lipinski definition) is 11. The Bertz CT molecular complexity index is 2460. The van der Waals surface area contributed by atoms with Gasteiger partial charge in [-0.25, -0.2) is 13.1 Å². The lowest BCUT2D eigenvalue weighted by Crippen LogP contribution is -2.60. The molecule has 8 rings (SSSR count). The number of ether oxygens (including phenoxy) is 1. The molecule has 4 aromatic carbocycles. The first-order valence-corrected chi connectivity index (χ1v) is 24.9. The van der Waals surface area contributed by atoms with Crippen molar-refractivity contribution < 1.29 is 28.0 Å². The molecule has 2 heterocycles. The lowest BCUT2D eigenvalue weighted by Gasteiger charge is -2.58. The Kier molecular flexibility index (Phi) is 13.8. The number of rotatable bonds is 14. The van der Waals surface area contributed by atoms with Crippen molar-refractivity contribution >= 4 is 44.6 Å².